The molecule has 0 saturated heterocycles. The molecule has 2 heterocycles. The average molecular weight is 292 g/mol. The molecular weight excluding hydrogens is 268 g/mol. The summed E-state index contributed by atoms with van der Waals surface area (Å²) in [6, 6.07) is 0.406. The third kappa shape index (κ3) is 3.48. The van der Waals surface area contributed by atoms with Gasteiger partial charge in [0.15, 0.2) is 5.65 Å². The number of anilines is 1. The van der Waals surface area contributed by atoms with Gasteiger partial charge in [0.05, 0.1) is 24.7 Å². The van der Waals surface area contributed by atoms with E-state index >= 15 is 0 Å². The summed E-state index contributed by atoms with van der Waals surface area (Å²) in [5.41, 5.74) is 0.847. The van der Waals surface area contributed by atoms with Gasteiger partial charge < -0.3 is 10.1 Å². The minimum atomic E-state index is 0.406. The third-order valence-corrected chi connectivity index (χ3v) is 3.53. The van der Waals surface area contributed by atoms with Gasteiger partial charge >= 0.3 is 0 Å². The minimum Gasteiger partial charge on any atom is -0.383 e. The Labute approximate surface area is 125 Å². The van der Waals surface area contributed by atoms with Crippen LogP contribution >= 0.6 is 0 Å². The summed E-state index contributed by atoms with van der Waals surface area (Å²) in [5.74, 6) is 1.61. The molecule has 0 aromatic carbocycles. The highest BCUT2D eigenvalue weighted by molar-refractivity contribution is 5.86. The Morgan fingerprint density at radius 3 is 2.76 bits per heavy atom. The van der Waals surface area contributed by atoms with Crippen molar-refractivity contribution in [3.63, 3.8) is 0 Å². The number of nitrogens with one attached hydrogen (secondary N) is 1. The van der Waals surface area contributed by atoms with Crippen LogP contribution in [0.5, 0.6) is 0 Å². The Hall–Kier alpha value is -1.73. The molecule has 0 radical (unpaired) electrons. The molecule has 0 fully saturated rings. The van der Waals surface area contributed by atoms with E-state index in [4.69, 9.17) is 4.74 Å². The van der Waals surface area contributed by atoms with Crippen LogP contribution in [0.25, 0.3) is 11.0 Å². The maximum Gasteiger partial charge on any atom is 0.163 e. The van der Waals surface area contributed by atoms with Crippen molar-refractivity contribution in [1.82, 2.24) is 24.6 Å². The van der Waals surface area contributed by atoms with Gasteiger partial charge in [-0.05, 0) is 13.8 Å². The number of nitrogens with zero attached hydrogens (tertiary/aromatic N) is 5. The molecule has 0 saturated carbocycles. The highest BCUT2D eigenvalue weighted by Crippen LogP contribution is 2.19. The largest absolute Gasteiger partial charge is 0.383 e. The Morgan fingerprint density at radius 2 is 2.14 bits per heavy atom. The number of ether oxygens (including phenoxy) is 1. The molecule has 0 aliphatic rings. The van der Waals surface area contributed by atoms with Crippen molar-refractivity contribution in [3.8, 4) is 0 Å². The van der Waals surface area contributed by atoms with Gasteiger partial charge in [-0.25, -0.2) is 9.97 Å². The lowest BCUT2D eigenvalue weighted by molar-refractivity contribution is 0.123. The first-order valence-corrected chi connectivity index (χ1v) is 7.16. The number of hydrogen-bond donors (Lipinski definition) is 1. The molecule has 2 aromatic rings. The molecule has 1 N–H and O–H groups in total. The number of aryl methyl sites for hydroxylation is 1. The second-order valence-corrected chi connectivity index (χ2v) is 5.30. The molecular formula is C14H24N6O. The van der Waals surface area contributed by atoms with Crippen molar-refractivity contribution in [2.24, 2.45) is 7.05 Å². The second kappa shape index (κ2) is 6.82. The van der Waals surface area contributed by atoms with Gasteiger partial charge in [0.1, 0.15) is 11.6 Å². The zero-order valence-corrected chi connectivity index (χ0v) is 13.4. The van der Waals surface area contributed by atoms with Gasteiger partial charge in [0, 0.05) is 33.8 Å². The van der Waals surface area contributed by atoms with E-state index in [0.717, 1.165) is 29.2 Å². The number of fused-ring (bicyclic) bond motifs is 1. The van der Waals surface area contributed by atoms with E-state index in [1.165, 1.54) is 0 Å². The fourth-order valence-corrected chi connectivity index (χ4v) is 2.24. The van der Waals surface area contributed by atoms with E-state index in [0.29, 0.717) is 19.2 Å². The predicted octanol–water partition coefficient (Wildman–Crippen LogP) is 1.26. The molecule has 0 spiro atoms. The smallest absolute Gasteiger partial charge is 0.163 e. The molecule has 7 nitrogen and oxygen atoms in total. The van der Waals surface area contributed by atoms with Crippen LogP contribution in [-0.4, -0.2) is 58.0 Å². The zero-order valence-electron chi connectivity index (χ0n) is 13.4. The molecule has 7 heteroatoms. The van der Waals surface area contributed by atoms with E-state index in [1.807, 2.05) is 14.1 Å². The van der Waals surface area contributed by atoms with Crippen LogP contribution in [0.3, 0.4) is 0 Å². The molecule has 21 heavy (non-hydrogen) atoms. The van der Waals surface area contributed by atoms with E-state index in [-0.39, 0.29) is 0 Å². The Balaban J connectivity index is 2.30. The molecule has 116 valence electrons. The number of hydrogen-bond acceptors (Lipinski definition) is 6. The summed E-state index contributed by atoms with van der Waals surface area (Å²) >= 11 is 0. The number of methoxy groups -OCH3 is 1. The van der Waals surface area contributed by atoms with Crippen LogP contribution in [0.2, 0.25) is 0 Å². The third-order valence-electron chi connectivity index (χ3n) is 3.53. The first kappa shape index (κ1) is 15.7. The van der Waals surface area contributed by atoms with Crippen molar-refractivity contribution in [2.75, 3.05) is 32.6 Å². The Kier molecular flexibility index (Phi) is 5.08. The van der Waals surface area contributed by atoms with Gasteiger partial charge in [-0.1, -0.05) is 0 Å². The van der Waals surface area contributed by atoms with Gasteiger partial charge in [-0.2, -0.15) is 5.10 Å². The van der Waals surface area contributed by atoms with Crippen LogP contribution in [0.15, 0.2) is 6.20 Å². The van der Waals surface area contributed by atoms with Crippen LogP contribution in [0, 0.1) is 0 Å². The fourth-order valence-electron chi connectivity index (χ4n) is 2.24. The fraction of sp³-hybridized carbons (Fsp3) is 0.643. The van der Waals surface area contributed by atoms with Gasteiger partial charge in [0.2, 0.25) is 0 Å². The zero-order chi connectivity index (χ0) is 15.4. The molecule has 0 bridgehead atoms. The molecule has 0 amide bonds. The normalized spacial score (nSPS) is 11.8. The Bertz CT molecular complexity index is 594. The SMILES string of the molecule is CNc1nc(CN(CCOC)C(C)C)nc2c1cnn2C. The van der Waals surface area contributed by atoms with Crippen LogP contribution in [0.4, 0.5) is 5.82 Å². The van der Waals surface area contributed by atoms with E-state index in [2.05, 4.69) is 39.1 Å². The summed E-state index contributed by atoms with van der Waals surface area (Å²) in [5, 5.41) is 8.31. The van der Waals surface area contributed by atoms with Crippen LogP contribution in [0.1, 0.15) is 19.7 Å². The predicted molar refractivity (Wildman–Crippen MR) is 83.3 cm³/mol. The quantitative estimate of drug-likeness (QED) is 0.828. The lowest BCUT2D eigenvalue weighted by atomic mass is 10.3. The van der Waals surface area contributed by atoms with E-state index < -0.39 is 0 Å². The van der Waals surface area contributed by atoms with Crippen LogP contribution < -0.4 is 5.32 Å². The number of aromatic nitrogens is 4. The highest BCUT2D eigenvalue weighted by Gasteiger charge is 2.15. The van der Waals surface area contributed by atoms with E-state index in [9.17, 15) is 0 Å². The molecule has 0 aliphatic carbocycles. The van der Waals surface area contributed by atoms with Crippen molar-refractivity contribution < 1.29 is 4.74 Å². The summed E-state index contributed by atoms with van der Waals surface area (Å²) in [4.78, 5) is 11.5. The summed E-state index contributed by atoms with van der Waals surface area (Å²) < 4.78 is 6.95. The maximum absolute atomic E-state index is 5.17. The first-order valence-electron chi connectivity index (χ1n) is 7.16. The lowest BCUT2D eigenvalue weighted by Gasteiger charge is -2.25. The minimum absolute atomic E-state index is 0.406. The molecule has 2 aromatic heterocycles. The monoisotopic (exact) mass is 292 g/mol. The number of rotatable bonds is 7. The standard InChI is InChI=1S/C14H24N6O/c1-10(2)20(6-7-21-5)9-12-17-13(15-3)11-8-16-19(4)14(11)18-12/h8,10H,6-7,9H2,1-5H3,(H,15,17,18). The van der Waals surface area contributed by atoms with Gasteiger partial charge in [-0.15, -0.1) is 0 Å². The summed E-state index contributed by atoms with van der Waals surface area (Å²) in [6.07, 6.45) is 1.79. The molecule has 0 aliphatic heterocycles. The lowest BCUT2D eigenvalue weighted by Crippen LogP contribution is -2.34. The van der Waals surface area contributed by atoms with E-state index in [1.54, 1.807) is 18.0 Å². The van der Waals surface area contributed by atoms with Crippen molar-refractivity contribution in [3.05, 3.63) is 12.0 Å². The highest BCUT2D eigenvalue weighted by atomic mass is 16.5. The molecule has 0 unspecified atom stereocenters. The average Bonchev–Trinajstić information content (AvgIpc) is 2.84. The van der Waals surface area contributed by atoms with Gasteiger partial charge in [-0.3, -0.25) is 9.58 Å². The van der Waals surface area contributed by atoms with Crippen molar-refractivity contribution >= 4 is 16.9 Å². The topological polar surface area (TPSA) is 68.1 Å². The second-order valence-electron chi connectivity index (χ2n) is 5.30. The van der Waals surface area contributed by atoms with Gasteiger partial charge in [0.25, 0.3) is 0 Å². The first-order chi connectivity index (χ1) is 10.1. The molecule has 0 atom stereocenters. The van der Waals surface area contributed by atoms with Crippen LogP contribution in [-0.2, 0) is 18.3 Å². The van der Waals surface area contributed by atoms with Crippen molar-refractivity contribution in [1.29, 1.82) is 0 Å². The summed E-state index contributed by atoms with van der Waals surface area (Å²) in [7, 11) is 5.48. The Morgan fingerprint density at radius 1 is 1.38 bits per heavy atom. The summed E-state index contributed by atoms with van der Waals surface area (Å²) in [6.45, 7) is 6.58. The van der Waals surface area contributed by atoms with Crippen molar-refractivity contribution in [2.45, 2.75) is 26.4 Å². The maximum atomic E-state index is 5.17. The molecule has 2 rings (SSSR count).